The summed E-state index contributed by atoms with van der Waals surface area (Å²) in [5.41, 5.74) is 1.31. The number of fused-ring (bicyclic) bond motifs is 1. The van der Waals surface area contributed by atoms with Crippen LogP contribution in [0.15, 0.2) is 24.3 Å². The Morgan fingerprint density at radius 2 is 2.12 bits per heavy atom. The zero-order valence-electron chi connectivity index (χ0n) is 9.23. The molecule has 1 unspecified atom stereocenters. The van der Waals surface area contributed by atoms with Crippen LogP contribution in [0.3, 0.4) is 0 Å². The van der Waals surface area contributed by atoms with Crippen molar-refractivity contribution in [3.05, 3.63) is 29.8 Å². The van der Waals surface area contributed by atoms with Gasteiger partial charge in [-0.05, 0) is 18.9 Å². The molecule has 0 bridgehead atoms. The Kier molecular flexibility index (Phi) is 2.58. The maximum absolute atomic E-state index is 9.20. The van der Waals surface area contributed by atoms with Crippen molar-refractivity contribution in [2.24, 2.45) is 0 Å². The van der Waals surface area contributed by atoms with Crippen LogP contribution in [0.2, 0.25) is 0 Å². The number of rotatable bonds is 3. The van der Waals surface area contributed by atoms with Gasteiger partial charge in [-0.25, -0.2) is 0 Å². The fourth-order valence-electron chi connectivity index (χ4n) is 2.46. The summed E-state index contributed by atoms with van der Waals surface area (Å²) in [5.74, 6) is 1.50. The Bertz CT molecular complexity index is 374. The van der Waals surface area contributed by atoms with Crippen LogP contribution in [0.5, 0.6) is 5.75 Å². The first-order valence-corrected chi connectivity index (χ1v) is 5.96. The molecule has 1 saturated carbocycles. The molecular formula is C13H17NO2. The van der Waals surface area contributed by atoms with Crippen molar-refractivity contribution in [1.29, 1.82) is 0 Å². The van der Waals surface area contributed by atoms with Gasteiger partial charge in [0.2, 0.25) is 0 Å². The van der Waals surface area contributed by atoms with Gasteiger partial charge in [0.1, 0.15) is 5.75 Å². The van der Waals surface area contributed by atoms with Gasteiger partial charge in [0.25, 0.3) is 0 Å². The molecule has 86 valence electrons. The van der Waals surface area contributed by atoms with Gasteiger partial charge in [0, 0.05) is 24.1 Å². The van der Waals surface area contributed by atoms with E-state index in [9.17, 15) is 5.11 Å². The Morgan fingerprint density at radius 3 is 2.94 bits per heavy atom. The predicted molar refractivity (Wildman–Crippen MR) is 61.7 cm³/mol. The van der Waals surface area contributed by atoms with Crippen LogP contribution in [0, 0.1) is 0 Å². The second kappa shape index (κ2) is 4.07. The fourth-order valence-corrected chi connectivity index (χ4v) is 2.46. The molecule has 1 aliphatic carbocycles. The first-order chi connectivity index (χ1) is 7.83. The SMILES string of the molecule is OC1CC(NCC2COc3ccccc32)C1. The molecule has 1 aromatic rings. The lowest BCUT2D eigenvalue weighted by Gasteiger charge is -2.32. The zero-order valence-corrected chi connectivity index (χ0v) is 9.23. The molecule has 1 aliphatic heterocycles. The van der Waals surface area contributed by atoms with E-state index in [0.29, 0.717) is 12.0 Å². The second-order valence-electron chi connectivity index (χ2n) is 4.78. The molecule has 3 heteroatoms. The van der Waals surface area contributed by atoms with E-state index in [-0.39, 0.29) is 6.10 Å². The van der Waals surface area contributed by atoms with Crippen molar-refractivity contribution in [2.75, 3.05) is 13.2 Å². The standard InChI is InChI=1S/C13H17NO2/c15-11-5-10(6-11)14-7-9-8-16-13-4-2-1-3-12(9)13/h1-4,9-11,14-15H,5-8H2. The summed E-state index contributed by atoms with van der Waals surface area (Å²) in [4.78, 5) is 0. The predicted octanol–water partition coefficient (Wildman–Crippen LogP) is 1.28. The normalized spacial score (nSPS) is 31.7. The number of hydrogen-bond acceptors (Lipinski definition) is 3. The van der Waals surface area contributed by atoms with Gasteiger partial charge in [-0.3, -0.25) is 0 Å². The Hall–Kier alpha value is -1.06. The van der Waals surface area contributed by atoms with Crippen molar-refractivity contribution >= 4 is 0 Å². The molecule has 0 radical (unpaired) electrons. The molecule has 0 saturated heterocycles. The van der Waals surface area contributed by atoms with Gasteiger partial charge in [-0.2, -0.15) is 0 Å². The molecule has 16 heavy (non-hydrogen) atoms. The molecule has 1 aromatic carbocycles. The lowest BCUT2D eigenvalue weighted by atomic mass is 9.89. The van der Waals surface area contributed by atoms with Gasteiger partial charge in [-0.15, -0.1) is 0 Å². The van der Waals surface area contributed by atoms with E-state index >= 15 is 0 Å². The highest BCUT2D eigenvalue weighted by molar-refractivity contribution is 5.39. The molecule has 2 N–H and O–H groups in total. The Labute approximate surface area is 95.4 Å². The molecule has 2 aliphatic rings. The highest BCUT2D eigenvalue weighted by Gasteiger charge is 2.29. The minimum atomic E-state index is -0.0791. The first kappa shape index (κ1) is 10.1. The third-order valence-electron chi connectivity index (χ3n) is 3.56. The number of aliphatic hydroxyl groups excluding tert-OH is 1. The molecule has 1 fully saturated rings. The summed E-state index contributed by atoms with van der Waals surface area (Å²) in [6.07, 6.45) is 1.72. The lowest BCUT2D eigenvalue weighted by Crippen LogP contribution is -2.45. The van der Waals surface area contributed by atoms with Gasteiger partial charge in [0.15, 0.2) is 0 Å². The van der Waals surface area contributed by atoms with Gasteiger partial charge in [0.05, 0.1) is 12.7 Å². The van der Waals surface area contributed by atoms with Crippen LogP contribution in [-0.2, 0) is 0 Å². The van der Waals surface area contributed by atoms with Crippen molar-refractivity contribution < 1.29 is 9.84 Å². The summed E-state index contributed by atoms with van der Waals surface area (Å²) in [6.45, 7) is 1.73. The average Bonchev–Trinajstić information content (AvgIpc) is 2.66. The van der Waals surface area contributed by atoms with Crippen LogP contribution < -0.4 is 10.1 Å². The fraction of sp³-hybridized carbons (Fsp3) is 0.538. The maximum atomic E-state index is 9.20. The summed E-state index contributed by atoms with van der Waals surface area (Å²) in [5, 5.41) is 12.7. The zero-order chi connectivity index (χ0) is 11.0. The van der Waals surface area contributed by atoms with Crippen LogP contribution in [-0.4, -0.2) is 30.4 Å². The molecular weight excluding hydrogens is 202 g/mol. The third kappa shape index (κ3) is 1.81. The largest absolute Gasteiger partial charge is 0.493 e. The average molecular weight is 219 g/mol. The second-order valence-corrected chi connectivity index (χ2v) is 4.78. The molecule has 3 nitrogen and oxygen atoms in total. The molecule has 0 aromatic heterocycles. The number of nitrogens with one attached hydrogen (secondary N) is 1. The van der Waals surface area contributed by atoms with Crippen molar-refractivity contribution in [1.82, 2.24) is 5.32 Å². The van der Waals surface area contributed by atoms with Crippen LogP contribution in [0.4, 0.5) is 0 Å². The number of benzene rings is 1. The summed E-state index contributed by atoms with van der Waals surface area (Å²) in [7, 11) is 0. The van der Waals surface area contributed by atoms with E-state index in [1.54, 1.807) is 0 Å². The van der Waals surface area contributed by atoms with Crippen molar-refractivity contribution in [3.63, 3.8) is 0 Å². The molecule has 0 amide bonds. The third-order valence-corrected chi connectivity index (χ3v) is 3.56. The summed E-state index contributed by atoms with van der Waals surface area (Å²) >= 11 is 0. The maximum Gasteiger partial charge on any atom is 0.122 e. The number of aliphatic hydroxyl groups is 1. The van der Waals surface area contributed by atoms with Crippen LogP contribution in [0.25, 0.3) is 0 Å². The van der Waals surface area contributed by atoms with Crippen LogP contribution in [0.1, 0.15) is 24.3 Å². The lowest BCUT2D eigenvalue weighted by molar-refractivity contribution is 0.0618. The molecule has 1 heterocycles. The summed E-state index contributed by atoms with van der Waals surface area (Å²) in [6, 6.07) is 8.75. The van der Waals surface area contributed by atoms with E-state index in [1.807, 2.05) is 12.1 Å². The van der Waals surface area contributed by atoms with Crippen molar-refractivity contribution in [3.8, 4) is 5.75 Å². The Balaban J connectivity index is 1.57. The summed E-state index contributed by atoms with van der Waals surface area (Å²) < 4.78 is 5.63. The topological polar surface area (TPSA) is 41.5 Å². The quantitative estimate of drug-likeness (QED) is 0.804. The van der Waals surface area contributed by atoms with E-state index < -0.39 is 0 Å². The van der Waals surface area contributed by atoms with E-state index in [1.165, 1.54) is 5.56 Å². The number of hydrogen-bond donors (Lipinski definition) is 2. The highest BCUT2D eigenvalue weighted by Crippen LogP contribution is 2.33. The smallest absolute Gasteiger partial charge is 0.122 e. The first-order valence-electron chi connectivity index (χ1n) is 5.96. The molecule has 0 spiro atoms. The molecule has 3 rings (SSSR count). The number of para-hydroxylation sites is 1. The van der Waals surface area contributed by atoms with Gasteiger partial charge >= 0.3 is 0 Å². The molecule has 1 atom stereocenters. The minimum absolute atomic E-state index is 0.0791. The minimum Gasteiger partial charge on any atom is -0.493 e. The van der Waals surface area contributed by atoms with E-state index in [4.69, 9.17) is 4.74 Å². The van der Waals surface area contributed by atoms with E-state index in [2.05, 4.69) is 17.4 Å². The van der Waals surface area contributed by atoms with Gasteiger partial charge in [-0.1, -0.05) is 18.2 Å². The van der Waals surface area contributed by atoms with E-state index in [0.717, 1.165) is 31.7 Å². The Morgan fingerprint density at radius 1 is 1.31 bits per heavy atom. The number of ether oxygens (including phenoxy) is 1. The monoisotopic (exact) mass is 219 g/mol. The van der Waals surface area contributed by atoms with Gasteiger partial charge < -0.3 is 15.2 Å². The highest BCUT2D eigenvalue weighted by atomic mass is 16.5. The van der Waals surface area contributed by atoms with Crippen LogP contribution >= 0.6 is 0 Å². The van der Waals surface area contributed by atoms with Crippen molar-refractivity contribution in [2.45, 2.75) is 30.9 Å².